The molecule has 5 rings (SSSR count). The zero-order valence-corrected chi connectivity index (χ0v) is 17.4. The van der Waals surface area contributed by atoms with E-state index in [2.05, 4.69) is 35.2 Å². The van der Waals surface area contributed by atoms with Gasteiger partial charge in [-0.25, -0.2) is 9.97 Å². The molecule has 1 aromatic carbocycles. The normalized spacial score (nSPS) is 19.7. The van der Waals surface area contributed by atoms with Gasteiger partial charge in [0.1, 0.15) is 5.76 Å². The Balaban J connectivity index is 1.31. The number of fused-ring (bicyclic) bond motifs is 1. The molecule has 154 valence electrons. The summed E-state index contributed by atoms with van der Waals surface area (Å²) in [6.07, 6.45) is 6.29. The first-order chi connectivity index (χ1) is 14.7. The predicted molar refractivity (Wildman–Crippen MR) is 116 cm³/mol. The molecule has 3 aromatic rings. The van der Waals surface area contributed by atoms with Crippen LogP contribution < -0.4 is 4.90 Å². The largest absolute Gasteiger partial charge is 0.469 e. The molecule has 0 radical (unpaired) electrons. The van der Waals surface area contributed by atoms with Gasteiger partial charge in [-0.15, -0.1) is 0 Å². The Morgan fingerprint density at radius 2 is 1.83 bits per heavy atom. The van der Waals surface area contributed by atoms with Crippen molar-refractivity contribution in [2.45, 2.75) is 44.9 Å². The SMILES string of the molecule is Cc1nc(N2CCC(Cc3ccccc3)CC2)nc2c1C(=O)C[C@@H](c1ccco1)C2. The van der Waals surface area contributed by atoms with Crippen molar-refractivity contribution in [2.24, 2.45) is 5.92 Å². The van der Waals surface area contributed by atoms with E-state index in [0.29, 0.717) is 12.3 Å². The van der Waals surface area contributed by atoms with Gasteiger partial charge >= 0.3 is 0 Å². The van der Waals surface area contributed by atoms with Gasteiger partial charge in [-0.05, 0) is 49.8 Å². The van der Waals surface area contributed by atoms with Crippen LogP contribution in [0.15, 0.2) is 53.1 Å². The molecule has 3 heterocycles. The van der Waals surface area contributed by atoms with Crippen LogP contribution in [0.1, 0.15) is 58.2 Å². The van der Waals surface area contributed by atoms with Gasteiger partial charge in [0.15, 0.2) is 5.78 Å². The Kier molecular flexibility index (Phi) is 5.11. The third-order valence-electron chi connectivity index (χ3n) is 6.51. The molecular weight excluding hydrogens is 374 g/mol. The molecule has 0 amide bonds. The van der Waals surface area contributed by atoms with Crippen molar-refractivity contribution in [1.82, 2.24) is 9.97 Å². The molecule has 1 fully saturated rings. The van der Waals surface area contributed by atoms with Crippen molar-refractivity contribution >= 4 is 11.7 Å². The van der Waals surface area contributed by atoms with Gasteiger partial charge in [0.2, 0.25) is 5.95 Å². The molecular formula is C25H27N3O2. The number of carbonyl (C=O) groups is 1. The van der Waals surface area contributed by atoms with Gasteiger partial charge in [0.05, 0.1) is 23.2 Å². The van der Waals surface area contributed by atoms with E-state index in [1.165, 1.54) is 5.56 Å². The van der Waals surface area contributed by atoms with Crippen molar-refractivity contribution in [2.75, 3.05) is 18.0 Å². The number of Topliss-reactive ketones (excluding diaryl/α,β-unsaturated/α-hetero) is 1. The van der Waals surface area contributed by atoms with Crippen molar-refractivity contribution in [3.8, 4) is 0 Å². The van der Waals surface area contributed by atoms with Crippen LogP contribution in [0.25, 0.3) is 0 Å². The summed E-state index contributed by atoms with van der Waals surface area (Å²) in [5.41, 5.74) is 3.82. The fourth-order valence-electron chi connectivity index (χ4n) is 4.91. The average molecular weight is 402 g/mol. The van der Waals surface area contributed by atoms with Crippen molar-refractivity contribution in [3.63, 3.8) is 0 Å². The van der Waals surface area contributed by atoms with Crippen LogP contribution in [0.2, 0.25) is 0 Å². The number of hydrogen-bond acceptors (Lipinski definition) is 5. The number of rotatable bonds is 4. The van der Waals surface area contributed by atoms with Gasteiger partial charge in [0, 0.05) is 31.8 Å². The highest BCUT2D eigenvalue weighted by atomic mass is 16.3. The Morgan fingerprint density at radius 3 is 2.57 bits per heavy atom. The molecule has 2 aromatic heterocycles. The highest BCUT2D eigenvalue weighted by Gasteiger charge is 2.32. The maximum Gasteiger partial charge on any atom is 0.225 e. The maximum atomic E-state index is 12.8. The molecule has 1 aliphatic carbocycles. The van der Waals surface area contributed by atoms with Crippen LogP contribution in [0.4, 0.5) is 5.95 Å². The van der Waals surface area contributed by atoms with E-state index in [1.807, 2.05) is 19.1 Å². The van der Waals surface area contributed by atoms with Crippen LogP contribution in [-0.2, 0) is 12.8 Å². The summed E-state index contributed by atoms with van der Waals surface area (Å²) in [5.74, 6) is 2.54. The number of benzene rings is 1. The highest BCUT2D eigenvalue weighted by molar-refractivity contribution is 5.99. The first-order valence-corrected chi connectivity index (χ1v) is 10.9. The number of anilines is 1. The number of carbonyl (C=O) groups excluding carboxylic acids is 1. The minimum atomic E-state index is 0.0683. The van der Waals surface area contributed by atoms with Crippen LogP contribution in [0, 0.1) is 12.8 Å². The molecule has 0 saturated carbocycles. The Hall–Kier alpha value is -2.95. The highest BCUT2D eigenvalue weighted by Crippen LogP contribution is 2.34. The molecule has 5 heteroatoms. The van der Waals surface area contributed by atoms with Gasteiger partial charge < -0.3 is 9.32 Å². The lowest BCUT2D eigenvalue weighted by Gasteiger charge is -2.33. The summed E-state index contributed by atoms with van der Waals surface area (Å²) >= 11 is 0. The maximum absolute atomic E-state index is 12.8. The molecule has 30 heavy (non-hydrogen) atoms. The number of hydrogen-bond donors (Lipinski definition) is 0. The molecule has 5 nitrogen and oxygen atoms in total. The first-order valence-electron chi connectivity index (χ1n) is 10.9. The predicted octanol–water partition coefficient (Wildman–Crippen LogP) is 4.75. The number of ketones is 1. The molecule has 0 spiro atoms. The second kappa shape index (κ2) is 8.05. The molecule has 1 saturated heterocycles. The standard InChI is InChI=1S/C25H27N3O2/c1-17-24-21(15-20(16-22(24)29)23-8-5-13-30-23)27-25(26-17)28-11-9-19(10-12-28)14-18-6-3-2-4-7-18/h2-8,13,19-20H,9-12,14-16H2,1H3/t20-/m0/s1. The summed E-state index contributed by atoms with van der Waals surface area (Å²) in [6, 6.07) is 14.6. The summed E-state index contributed by atoms with van der Waals surface area (Å²) in [4.78, 5) is 24.7. The summed E-state index contributed by atoms with van der Waals surface area (Å²) < 4.78 is 5.57. The van der Waals surface area contributed by atoms with Gasteiger partial charge in [-0.1, -0.05) is 30.3 Å². The minimum Gasteiger partial charge on any atom is -0.469 e. The molecule has 1 atom stereocenters. The zero-order valence-electron chi connectivity index (χ0n) is 17.4. The Labute approximate surface area is 177 Å². The van der Waals surface area contributed by atoms with E-state index in [4.69, 9.17) is 14.4 Å². The second-order valence-corrected chi connectivity index (χ2v) is 8.59. The lowest BCUT2D eigenvalue weighted by Crippen LogP contribution is -2.36. The smallest absolute Gasteiger partial charge is 0.225 e. The van der Waals surface area contributed by atoms with Crippen LogP contribution in [0.5, 0.6) is 0 Å². The van der Waals surface area contributed by atoms with E-state index in [-0.39, 0.29) is 11.7 Å². The quantitative estimate of drug-likeness (QED) is 0.631. The van der Waals surface area contributed by atoms with Gasteiger partial charge in [0.25, 0.3) is 0 Å². The lowest BCUT2D eigenvalue weighted by atomic mass is 9.84. The fraction of sp³-hybridized carbons (Fsp3) is 0.400. The van der Waals surface area contributed by atoms with E-state index in [9.17, 15) is 4.79 Å². The van der Waals surface area contributed by atoms with E-state index >= 15 is 0 Å². The molecule has 1 aliphatic heterocycles. The van der Waals surface area contributed by atoms with Crippen LogP contribution in [0.3, 0.4) is 0 Å². The number of aromatic nitrogens is 2. The first kappa shape index (κ1) is 19.0. The summed E-state index contributed by atoms with van der Waals surface area (Å²) in [5, 5.41) is 0. The van der Waals surface area contributed by atoms with Crippen molar-refractivity contribution < 1.29 is 9.21 Å². The zero-order chi connectivity index (χ0) is 20.5. The van der Waals surface area contributed by atoms with Crippen LogP contribution in [-0.4, -0.2) is 28.8 Å². The van der Waals surface area contributed by atoms with E-state index in [0.717, 1.165) is 67.4 Å². The summed E-state index contributed by atoms with van der Waals surface area (Å²) in [7, 11) is 0. The fourth-order valence-corrected chi connectivity index (χ4v) is 4.91. The molecule has 0 bridgehead atoms. The number of nitrogens with zero attached hydrogens (tertiary/aromatic N) is 3. The third-order valence-corrected chi connectivity index (χ3v) is 6.51. The van der Waals surface area contributed by atoms with Gasteiger partial charge in [-0.2, -0.15) is 0 Å². The lowest BCUT2D eigenvalue weighted by molar-refractivity contribution is 0.0958. The molecule has 0 unspecified atom stereocenters. The number of furan rings is 1. The molecule has 2 aliphatic rings. The average Bonchev–Trinajstić information content (AvgIpc) is 3.29. The van der Waals surface area contributed by atoms with Crippen molar-refractivity contribution in [1.29, 1.82) is 0 Å². The van der Waals surface area contributed by atoms with Gasteiger partial charge in [-0.3, -0.25) is 4.79 Å². The summed E-state index contributed by atoms with van der Waals surface area (Å²) in [6.45, 7) is 3.87. The number of piperidine rings is 1. The van der Waals surface area contributed by atoms with E-state index in [1.54, 1.807) is 6.26 Å². The molecule has 0 N–H and O–H groups in total. The topological polar surface area (TPSA) is 59.2 Å². The number of aryl methyl sites for hydroxylation is 1. The van der Waals surface area contributed by atoms with E-state index < -0.39 is 0 Å². The Bertz CT molecular complexity index is 1020. The third kappa shape index (κ3) is 3.76. The minimum absolute atomic E-state index is 0.0683. The Morgan fingerprint density at radius 1 is 1.03 bits per heavy atom. The second-order valence-electron chi connectivity index (χ2n) is 8.59. The van der Waals surface area contributed by atoms with Crippen LogP contribution >= 0.6 is 0 Å². The monoisotopic (exact) mass is 401 g/mol. The van der Waals surface area contributed by atoms with Crippen molar-refractivity contribution in [3.05, 3.63) is 77.0 Å².